The summed E-state index contributed by atoms with van der Waals surface area (Å²) in [6, 6.07) is 38.3. The number of carboxylic acids is 1. The molecule has 13 nitrogen and oxygen atoms in total. The van der Waals surface area contributed by atoms with Gasteiger partial charge in [-0.3, -0.25) is 4.68 Å². The number of benzene rings is 4. The van der Waals surface area contributed by atoms with E-state index in [2.05, 4.69) is 15.6 Å². The Labute approximate surface area is 339 Å². The predicted molar refractivity (Wildman–Crippen MR) is 214 cm³/mol. The molecular formula is C45H52N4O9. The van der Waals surface area contributed by atoms with Crippen LogP contribution in [-0.4, -0.2) is 74.8 Å². The van der Waals surface area contributed by atoms with Crippen molar-refractivity contribution >= 4 is 12.1 Å². The van der Waals surface area contributed by atoms with E-state index < -0.39 is 54.2 Å². The number of carbonyl (C=O) groups excluding carboxylic acids is 1. The van der Waals surface area contributed by atoms with E-state index in [1.807, 2.05) is 121 Å². The Morgan fingerprint density at radius 1 is 0.724 bits per heavy atom. The SMILES string of the molecule is CC(C)(C)OC(=O)N[C@@H](CCn1cc([C@H]2O[C@H](COCc3ccccc3)[C@@H](OCc3ccccc3)[C@H](OCc3ccccc3)[C@H]2OCc2ccccc2)nn1)C(=O)O. The molecule has 6 rings (SSSR count). The maximum absolute atomic E-state index is 12.4. The van der Waals surface area contributed by atoms with E-state index in [0.29, 0.717) is 18.9 Å². The van der Waals surface area contributed by atoms with E-state index in [0.717, 1.165) is 22.3 Å². The minimum atomic E-state index is -1.22. The van der Waals surface area contributed by atoms with Crippen LogP contribution in [0.25, 0.3) is 0 Å². The summed E-state index contributed by atoms with van der Waals surface area (Å²) in [4.78, 5) is 24.5. The van der Waals surface area contributed by atoms with Gasteiger partial charge < -0.3 is 38.8 Å². The number of nitrogens with one attached hydrogen (secondary N) is 1. The number of carboxylic acid groups (broad SMARTS) is 1. The lowest BCUT2D eigenvalue weighted by Crippen LogP contribution is -2.58. The van der Waals surface area contributed by atoms with Crippen LogP contribution in [0.5, 0.6) is 0 Å². The van der Waals surface area contributed by atoms with Gasteiger partial charge in [-0.15, -0.1) is 5.10 Å². The zero-order chi connectivity index (χ0) is 40.7. The van der Waals surface area contributed by atoms with E-state index in [9.17, 15) is 14.7 Å². The molecule has 0 aliphatic carbocycles. The molecule has 58 heavy (non-hydrogen) atoms. The summed E-state index contributed by atoms with van der Waals surface area (Å²) in [6.45, 7) is 6.60. The Balaban J connectivity index is 1.30. The Morgan fingerprint density at radius 3 is 1.71 bits per heavy atom. The number of hydrogen-bond donors (Lipinski definition) is 2. The van der Waals surface area contributed by atoms with Crippen molar-refractivity contribution in [3.05, 3.63) is 155 Å². The molecule has 0 unspecified atom stereocenters. The van der Waals surface area contributed by atoms with Gasteiger partial charge in [0.2, 0.25) is 0 Å². The molecule has 306 valence electrons. The first-order valence-electron chi connectivity index (χ1n) is 19.5. The van der Waals surface area contributed by atoms with Crippen LogP contribution >= 0.6 is 0 Å². The number of ether oxygens (including phenoxy) is 6. The van der Waals surface area contributed by atoms with Crippen LogP contribution in [-0.2, 0) is 66.2 Å². The maximum atomic E-state index is 12.4. The zero-order valence-corrected chi connectivity index (χ0v) is 33.1. The summed E-state index contributed by atoms with van der Waals surface area (Å²) in [5.41, 5.74) is 3.60. The van der Waals surface area contributed by atoms with Gasteiger partial charge in [0.1, 0.15) is 47.9 Å². The van der Waals surface area contributed by atoms with E-state index in [1.54, 1.807) is 27.0 Å². The standard InChI is InChI=1S/C45H52N4O9/c1-45(2,3)58-44(52)46-36(43(50)51)24-25-49-26-37(47-48-49)39-41(55-29-34-20-12-6-13-21-34)42(56-30-35-22-14-7-15-23-35)40(54-28-33-18-10-5-11-19-33)38(57-39)31-53-27-32-16-8-4-9-17-32/h4-23,26,36,38-42H,24-25,27-31H2,1-3H3,(H,46,52)(H,50,51)/t36-,38+,39+,40+,41-,42-/m0/s1. The number of aliphatic carboxylic acids is 1. The summed E-state index contributed by atoms with van der Waals surface area (Å²) < 4.78 is 40.4. The summed E-state index contributed by atoms with van der Waals surface area (Å²) in [5.74, 6) is -1.20. The van der Waals surface area contributed by atoms with Gasteiger partial charge in [-0.1, -0.05) is 127 Å². The van der Waals surface area contributed by atoms with Crippen LogP contribution in [0.2, 0.25) is 0 Å². The number of amides is 1. The van der Waals surface area contributed by atoms with Gasteiger partial charge in [-0.2, -0.15) is 0 Å². The molecule has 0 saturated carbocycles. The molecule has 1 amide bonds. The van der Waals surface area contributed by atoms with Crippen LogP contribution in [0, 0.1) is 0 Å². The number of aromatic nitrogens is 3. The topological polar surface area (TPSA) is 152 Å². The van der Waals surface area contributed by atoms with Gasteiger partial charge >= 0.3 is 12.1 Å². The molecule has 1 fully saturated rings. The first kappa shape index (κ1) is 42.2. The third kappa shape index (κ3) is 12.8. The highest BCUT2D eigenvalue weighted by Gasteiger charge is 2.50. The number of aryl methyl sites for hydroxylation is 1. The fourth-order valence-electron chi connectivity index (χ4n) is 6.55. The summed E-state index contributed by atoms with van der Waals surface area (Å²) in [5, 5.41) is 21.2. The highest BCUT2D eigenvalue weighted by molar-refractivity contribution is 5.79. The second-order valence-corrected chi connectivity index (χ2v) is 15.1. The molecule has 0 spiro atoms. The summed E-state index contributed by atoms with van der Waals surface area (Å²) in [7, 11) is 0. The van der Waals surface area contributed by atoms with Gasteiger partial charge in [-0.05, 0) is 49.4 Å². The highest BCUT2D eigenvalue weighted by atomic mass is 16.6. The van der Waals surface area contributed by atoms with Gasteiger partial charge in [0.25, 0.3) is 0 Å². The molecule has 2 heterocycles. The highest BCUT2D eigenvalue weighted by Crippen LogP contribution is 2.38. The van der Waals surface area contributed by atoms with Crippen molar-refractivity contribution in [3.8, 4) is 0 Å². The van der Waals surface area contributed by atoms with Crippen molar-refractivity contribution < 1.29 is 43.1 Å². The lowest BCUT2D eigenvalue weighted by molar-refractivity contribution is -0.275. The zero-order valence-electron chi connectivity index (χ0n) is 33.1. The number of rotatable bonds is 19. The van der Waals surface area contributed by atoms with E-state index in [1.165, 1.54) is 4.68 Å². The van der Waals surface area contributed by atoms with E-state index in [-0.39, 0.29) is 32.8 Å². The Morgan fingerprint density at radius 2 is 1.21 bits per heavy atom. The molecule has 0 bridgehead atoms. The number of nitrogens with zero attached hydrogens (tertiary/aromatic N) is 3. The van der Waals surface area contributed by atoms with Crippen molar-refractivity contribution in [3.63, 3.8) is 0 Å². The third-order valence-electron chi connectivity index (χ3n) is 9.37. The third-order valence-corrected chi connectivity index (χ3v) is 9.37. The number of carbonyl (C=O) groups is 2. The lowest BCUT2D eigenvalue weighted by atomic mass is 9.92. The smallest absolute Gasteiger partial charge is 0.408 e. The Bertz CT molecular complexity index is 1980. The average Bonchev–Trinajstić information content (AvgIpc) is 3.70. The number of hydrogen-bond acceptors (Lipinski definition) is 10. The van der Waals surface area contributed by atoms with Crippen LogP contribution in [0.1, 0.15) is 61.2 Å². The van der Waals surface area contributed by atoms with E-state index >= 15 is 0 Å². The second kappa shape index (κ2) is 20.8. The molecule has 4 aromatic carbocycles. The fraction of sp³-hybridized carbons (Fsp3) is 0.378. The fourth-order valence-corrected chi connectivity index (χ4v) is 6.55. The van der Waals surface area contributed by atoms with Crippen molar-refractivity contribution in [1.82, 2.24) is 20.3 Å². The molecular weight excluding hydrogens is 741 g/mol. The van der Waals surface area contributed by atoms with Crippen molar-refractivity contribution in [2.75, 3.05) is 6.61 Å². The average molecular weight is 793 g/mol. The van der Waals surface area contributed by atoms with E-state index in [4.69, 9.17) is 28.4 Å². The van der Waals surface area contributed by atoms with Gasteiger partial charge in [-0.25, -0.2) is 9.59 Å². The first-order valence-corrected chi connectivity index (χ1v) is 19.5. The normalized spacial score (nSPS) is 19.9. The Kier molecular flexibility index (Phi) is 15.1. The minimum absolute atomic E-state index is 0.0188. The lowest BCUT2D eigenvalue weighted by Gasteiger charge is -2.45. The predicted octanol–water partition coefficient (Wildman–Crippen LogP) is 7.06. The molecule has 5 aromatic rings. The molecule has 1 aromatic heterocycles. The van der Waals surface area contributed by atoms with Crippen molar-refractivity contribution in [1.29, 1.82) is 0 Å². The molecule has 0 radical (unpaired) electrons. The van der Waals surface area contributed by atoms with Crippen LogP contribution in [0.15, 0.2) is 128 Å². The quantitative estimate of drug-likeness (QED) is 0.0884. The molecule has 1 aliphatic rings. The van der Waals surface area contributed by atoms with Crippen molar-refractivity contribution in [2.45, 2.75) is 102 Å². The van der Waals surface area contributed by atoms with Crippen molar-refractivity contribution in [2.24, 2.45) is 0 Å². The molecule has 13 heteroatoms. The summed E-state index contributed by atoms with van der Waals surface area (Å²) >= 11 is 0. The largest absolute Gasteiger partial charge is 0.480 e. The first-order chi connectivity index (χ1) is 28.1. The van der Waals surface area contributed by atoms with Gasteiger partial charge in [0.15, 0.2) is 0 Å². The molecule has 1 saturated heterocycles. The molecule has 6 atom stereocenters. The monoisotopic (exact) mass is 792 g/mol. The second-order valence-electron chi connectivity index (χ2n) is 15.1. The molecule has 2 N–H and O–H groups in total. The maximum Gasteiger partial charge on any atom is 0.408 e. The Hall–Kier alpha value is -5.44. The van der Waals surface area contributed by atoms with Gasteiger partial charge in [0.05, 0.1) is 39.2 Å². The molecule has 1 aliphatic heterocycles. The summed E-state index contributed by atoms with van der Waals surface area (Å²) in [6.07, 6.45) is -2.56. The minimum Gasteiger partial charge on any atom is -0.480 e. The van der Waals surface area contributed by atoms with Crippen LogP contribution in [0.3, 0.4) is 0 Å². The van der Waals surface area contributed by atoms with Crippen LogP contribution in [0.4, 0.5) is 4.79 Å². The number of alkyl carbamates (subject to hydrolysis) is 1. The van der Waals surface area contributed by atoms with Crippen LogP contribution < -0.4 is 5.32 Å². The van der Waals surface area contributed by atoms with Gasteiger partial charge in [0, 0.05) is 6.54 Å².